The summed E-state index contributed by atoms with van der Waals surface area (Å²) in [6, 6.07) is 0. The predicted molar refractivity (Wildman–Crippen MR) is 66.2 cm³/mol. The Morgan fingerprint density at radius 3 is 2.50 bits per heavy atom. The van der Waals surface area contributed by atoms with Crippen LogP contribution in [0.2, 0.25) is 0 Å². The van der Waals surface area contributed by atoms with Crippen LogP contribution in [0, 0.1) is 11.8 Å². The normalized spacial score (nSPS) is 23.1. The number of hydrogen-bond donors (Lipinski definition) is 0. The standard InChI is InChI=1S/C14H26O2/c1-3-5-6-7-8-9-10-12-11-13(12)14(15)16-4-2/h12-13H,3-11H2,1-2H3/t12-,13+/m1/s1. The molecule has 0 heterocycles. The second-order valence-corrected chi connectivity index (χ2v) is 4.91. The number of hydrogen-bond acceptors (Lipinski definition) is 2. The van der Waals surface area contributed by atoms with E-state index in [0.717, 1.165) is 6.42 Å². The average Bonchev–Trinajstić information content (AvgIpc) is 3.03. The molecular formula is C14H26O2. The zero-order valence-electron chi connectivity index (χ0n) is 10.8. The highest BCUT2D eigenvalue weighted by Gasteiger charge is 2.43. The minimum absolute atomic E-state index is 0.0403. The van der Waals surface area contributed by atoms with E-state index in [9.17, 15) is 4.79 Å². The van der Waals surface area contributed by atoms with Gasteiger partial charge < -0.3 is 4.74 Å². The Bertz CT molecular complexity index is 201. The van der Waals surface area contributed by atoms with E-state index in [2.05, 4.69) is 6.92 Å². The van der Waals surface area contributed by atoms with Gasteiger partial charge in [-0.05, 0) is 25.7 Å². The molecule has 0 spiro atoms. The van der Waals surface area contributed by atoms with Crippen molar-refractivity contribution in [3.05, 3.63) is 0 Å². The number of unbranched alkanes of at least 4 members (excludes halogenated alkanes) is 5. The number of ether oxygens (including phenoxy) is 1. The van der Waals surface area contributed by atoms with Crippen molar-refractivity contribution in [1.82, 2.24) is 0 Å². The van der Waals surface area contributed by atoms with Gasteiger partial charge in [0.15, 0.2) is 0 Å². The third kappa shape index (κ3) is 5.00. The van der Waals surface area contributed by atoms with E-state index >= 15 is 0 Å². The zero-order valence-corrected chi connectivity index (χ0v) is 10.8. The average molecular weight is 226 g/mol. The molecular weight excluding hydrogens is 200 g/mol. The monoisotopic (exact) mass is 226 g/mol. The third-order valence-corrected chi connectivity index (χ3v) is 3.44. The lowest BCUT2D eigenvalue weighted by Crippen LogP contribution is -2.07. The second kappa shape index (κ2) is 7.70. The quantitative estimate of drug-likeness (QED) is 0.440. The minimum Gasteiger partial charge on any atom is -0.466 e. The van der Waals surface area contributed by atoms with E-state index in [1.54, 1.807) is 0 Å². The summed E-state index contributed by atoms with van der Waals surface area (Å²) in [4.78, 5) is 11.4. The van der Waals surface area contributed by atoms with Crippen molar-refractivity contribution in [2.24, 2.45) is 11.8 Å². The molecule has 1 saturated carbocycles. The Kier molecular flexibility index (Phi) is 6.51. The van der Waals surface area contributed by atoms with Gasteiger partial charge in [-0.25, -0.2) is 0 Å². The van der Waals surface area contributed by atoms with E-state index in [4.69, 9.17) is 4.74 Å². The molecule has 2 nitrogen and oxygen atoms in total. The molecule has 1 aliphatic carbocycles. The molecule has 94 valence electrons. The van der Waals surface area contributed by atoms with Crippen molar-refractivity contribution in [2.75, 3.05) is 6.61 Å². The summed E-state index contributed by atoms with van der Waals surface area (Å²) in [5, 5.41) is 0. The van der Waals surface area contributed by atoms with Crippen LogP contribution in [0.3, 0.4) is 0 Å². The van der Waals surface area contributed by atoms with E-state index < -0.39 is 0 Å². The van der Waals surface area contributed by atoms with Gasteiger partial charge in [-0.15, -0.1) is 0 Å². The van der Waals surface area contributed by atoms with Crippen LogP contribution in [-0.4, -0.2) is 12.6 Å². The van der Waals surface area contributed by atoms with Crippen LogP contribution < -0.4 is 0 Å². The van der Waals surface area contributed by atoms with Crippen molar-refractivity contribution in [2.45, 2.75) is 65.2 Å². The van der Waals surface area contributed by atoms with Crippen LogP contribution in [0.1, 0.15) is 65.2 Å². The first kappa shape index (κ1) is 13.5. The van der Waals surface area contributed by atoms with Crippen LogP contribution in [0.25, 0.3) is 0 Å². The maximum atomic E-state index is 11.4. The molecule has 0 N–H and O–H groups in total. The highest BCUT2D eigenvalue weighted by molar-refractivity contribution is 5.75. The molecule has 2 atom stereocenters. The highest BCUT2D eigenvalue weighted by atomic mass is 16.5. The topological polar surface area (TPSA) is 26.3 Å². The summed E-state index contributed by atoms with van der Waals surface area (Å²) >= 11 is 0. The summed E-state index contributed by atoms with van der Waals surface area (Å²) < 4.78 is 5.02. The fourth-order valence-corrected chi connectivity index (χ4v) is 2.29. The highest BCUT2D eigenvalue weighted by Crippen LogP contribution is 2.43. The van der Waals surface area contributed by atoms with Crippen LogP contribution in [-0.2, 0) is 9.53 Å². The van der Waals surface area contributed by atoms with Gasteiger partial charge in [0.1, 0.15) is 0 Å². The lowest BCUT2D eigenvalue weighted by molar-refractivity contribution is -0.145. The molecule has 0 aromatic rings. The maximum Gasteiger partial charge on any atom is 0.309 e. The van der Waals surface area contributed by atoms with Gasteiger partial charge in [0, 0.05) is 0 Å². The van der Waals surface area contributed by atoms with E-state index in [-0.39, 0.29) is 11.9 Å². The zero-order chi connectivity index (χ0) is 11.8. The van der Waals surface area contributed by atoms with Gasteiger partial charge in [0.05, 0.1) is 12.5 Å². The maximum absolute atomic E-state index is 11.4. The molecule has 0 aromatic heterocycles. The number of esters is 1. The summed E-state index contributed by atoms with van der Waals surface area (Å²) in [5.41, 5.74) is 0. The second-order valence-electron chi connectivity index (χ2n) is 4.91. The number of carbonyl (C=O) groups excluding carboxylic acids is 1. The van der Waals surface area contributed by atoms with Gasteiger partial charge in [0.2, 0.25) is 0 Å². The summed E-state index contributed by atoms with van der Waals surface area (Å²) in [5.74, 6) is 0.930. The molecule has 1 fully saturated rings. The van der Waals surface area contributed by atoms with Gasteiger partial charge in [-0.1, -0.05) is 45.4 Å². The van der Waals surface area contributed by atoms with E-state index in [1.165, 1.54) is 44.9 Å². The van der Waals surface area contributed by atoms with Crippen molar-refractivity contribution in [1.29, 1.82) is 0 Å². The molecule has 0 saturated heterocycles. The van der Waals surface area contributed by atoms with Gasteiger partial charge in [-0.3, -0.25) is 4.79 Å². The number of carbonyl (C=O) groups is 1. The smallest absolute Gasteiger partial charge is 0.309 e. The Labute approximate surface area is 99.8 Å². The number of rotatable bonds is 9. The fourth-order valence-electron chi connectivity index (χ4n) is 2.29. The van der Waals surface area contributed by atoms with Gasteiger partial charge in [-0.2, -0.15) is 0 Å². The molecule has 2 heteroatoms. The molecule has 16 heavy (non-hydrogen) atoms. The summed E-state index contributed by atoms with van der Waals surface area (Å²) in [6.07, 6.45) is 10.4. The lowest BCUT2D eigenvalue weighted by atomic mass is 10.1. The molecule has 0 aromatic carbocycles. The lowest BCUT2D eigenvalue weighted by Gasteiger charge is -2.01. The molecule has 0 unspecified atom stereocenters. The molecule has 1 aliphatic rings. The first-order valence-corrected chi connectivity index (χ1v) is 6.96. The van der Waals surface area contributed by atoms with Crippen LogP contribution in [0.15, 0.2) is 0 Å². The minimum atomic E-state index is 0.0403. The van der Waals surface area contributed by atoms with Crippen LogP contribution in [0.4, 0.5) is 0 Å². The summed E-state index contributed by atoms with van der Waals surface area (Å²) in [6.45, 7) is 4.65. The predicted octanol–water partition coefficient (Wildman–Crippen LogP) is 3.94. The Hall–Kier alpha value is -0.530. The van der Waals surface area contributed by atoms with Crippen LogP contribution >= 0.6 is 0 Å². The van der Waals surface area contributed by atoms with Crippen molar-refractivity contribution >= 4 is 5.97 Å². The van der Waals surface area contributed by atoms with Crippen molar-refractivity contribution in [3.63, 3.8) is 0 Å². The van der Waals surface area contributed by atoms with E-state index in [0.29, 0.717) is 12.5 Å². The van der Waals surface area contributed by atoms with E-state index in [1.807, 2.05) is 6.92 Å². The van der Waals surface area contributed by atoms with Crippen LogP contribution in [0.5, 0.6) is 0 Å². The molecule has 0 radical (unpaired) electrons. The first-order chi connectivity index (χ1) is 7.79. The van der Waals surface area contributed by atoms with Gasteiger partial charge >= 0.3 is 5.97 Å². The van der Waals surface area contributed by atoms with Gasteiger partial charge in [0.25, 0.3) is 0 Å². The SMILES string of the molecule is CCCCCCCC[C@@H]1C[C@@H]1C(=O)OCC. The third-order valence-electron chi connectivity index (χ3n) is 3.44. The Morgan fingerprint density at radius 1 is 1.12 bits per heavy atom. The molecule has 1 rings (SSSR count). The Morgan fingerprint density at radius 2 is 1.81 bits per heavy atom. The molecule has 0 amide bonds. The summed E-state index contributed by atoms with van der Waals surface area (Å²) in [7, 11) is 0. The van der Waals surface area contributed by atoms with Crippen molar-refractivity contribution < 1.29 is 9.53 Å². The first-order valence-electron chi connectivity index (χ1n) is 6.96. The molecule has 0 aliphatic heterocycles. The largest absolute Gasteiger partial charge is 0.466 e. The molecule has 0 bridgehead atoms. The Balaban J connectivity index is 1.90. The fraction of sp³-hybridized carbons (Fsp3) is 0.929. The van der Waals surface area contributed by atoms with Crippen molar-refractivity contribution in [3.8, 4) is 0 Å².